The Kier molecular flexibility index (Phi) is 9.76. The van der Waals surface area contributed by atoms with Gasteiger partial charge in [-0.2, -0.15) is 0 Å². The second kappa shape index (κ2) is 13.2. The average molecular weight is 533 g/mol. The summed E-state index contributed by atoms with van der Waals surface area (Å²) in [5.41, 5.74) is 6.88. The zero-order valence-electron chi connectivity index (χ0n) is 24.6. The highest BCUT2D eigenvalue weighted by atomic mass is 16.5. The molecule has 2 atom stereocenters. The molecule has 3 aromatic carbocycles. The third kappa shape index (κ3) is 6.34. The van der Waals surface area contributed by atoms with Gasteiger partial charge in [0.25, 0.3) is 0 Å². The van der Waals surface area contributed by atoms with Gasteiger partial charge in [0.05, 0.1) is 28.4 Å². The fourth-order valence-electron chi connectivity index (χ4n) is 5.94. The maximum atomic E-state index is 5.49. The number of fused-ring (bicyclic) bond motifs is 2. The molecule has 0 spiro atoms. The molecule has 6 heteroatoms. The van der Waals surface area contributed by atoms with Crippen molar-refractivity contribution in [3.05, 3.63) is 82.4 Å². The molecule has 2 aliphatic heterocycles. The van der Waals surface area contributed by atoms with E-state index in [-0.39, 0.29) is 0 Å². The Bertz CT molecular complexity index is 1230. The number of rotatable bonds is 7. The highest BCUT2D eigenvalue weighted by Gasteiger charge is 2.27. The minimum absolute atomic E-state index is 0.381. The third-order valence-electron chi connectivity index (χ3n) is 8.20. The van der Waals surface area contributed by atoms with Gasteiger partial charge in [-0.05, 0) is 91.9 Å². The molecule has 0 saturated carbocycles. The van der Waals surface area contributed by atoms with E-state index >= 15 is 0 Å². The standard InChI is InChI=1S/C19H23NO2.C14H21NO2/c1-20-10-9-15-12-18(21-2)19(22-3)13-16(15)17(20)11-14-7-5-4-6-8-14;1-5-12-11-9-14(17-4)13(16-3)8-10(11)6-7-15(12)2/h4-8,12-13,17H,9-11H2,1-3H3;8-9,12H,5-7H2,1-4H3. The van der Waals surface area contributed by atoms with Gasteiger partial charge in [0.1, 0.15) is 0 Å². The van der Waals surface area contributed by atoms with Crippen LogP contribution in [0.1, 0.15) is 53.2 Å². The van der Waals surface area contributed by atoms with Gasteiger partial charge in [-0.25, -0.2) is 0 Å². The maximum Gasteiger partial charge on any atom is 0.161 e. The maximum absolute atomic E-state index is 5.49. The second-order valence-electron chi connectivity index (χ2n) is 10.4. The molecular formula is C33H44N2O4. The quantitative estimate of drug-likeness (QED) is 0.365. The molecule has 0 aromatic heterocycles. The fourth-order valence-corrected chi connectivity index (χ4v) is 5.94. The summed E-state index contributed by atoms with van der Waals surface area (Å²) < 4.78 is 21.7. The summed E-state index contributed by atoms with van der Waals surface area (Å²) in [5.74, 6) is 3.31. The first-order chi connectivity index (χ1) is 18.9. The SMILES string of the molecule is CCC1c2cc(OC)c(OC)cc2CCN1C.COc1cc2c(cc1OC)C(Cc1ccccc1)N(C)CC2. The first-order valence-corrected chi connectivity index (χ1v) is 13.9. The molecule has 6 nitrogen and oxygen atoms in total. The highest BCUT2D eigenvalue weighted by molar-refractivity contribution is 5.50. The Hall–Kier alpha value is -3.22. The monoisotopic (exact) mass is 532 g/mol. The van der Waals surface area contributed by atoms with Crippen molar-refractivity contribution in [1.82, 2.24) is 9.80 Å². The molecule has 210 valence electrons. The highest BCUT2D eigenvalue weighted by Crippen LogP contribution is 2.40. The van der Waals surface area contributed by atoms with Gasteiger partial charge in [0, 0.05) is 25.2 Å². The van der Waals surface area contributed by atoms with Crippen LogP contribution in [0.4, 0.5) is 0 Å². The molecule has 2 unspecified atom stereocenters. The number of nitrogens with zero attached hydrogens (tertiary/aromatic N) is 2. The minimum atomic E-state index is 0.381. The molecule has 2 aliphatic rings. The lowest BCUT2D eigenvalue weighted by Crippen LogP contribution is -2.33. The van der Waals surface area contributed by atoms with Gasteiger partial charge in [-0.15, -0.1) is 0 Å². The Morgan fingerprint density at radius 1 is 0.641 bits per heavy atom. The van der Waals surface area contributed by atoms with Crippen molar-refractivity contribution in [3.8, 4) is 23.0 Å². The number of methoxy groups -OCH3 is 4. The third-order valence-corrected chi connectivity index (χ3v) is 8.20. The van der Waals surface area contributed by atoms with Crippen molar-refractivity contribution in [1.29, 1.82) is 0 Å². The number of hydrogen-bond acceptors (Lipinski definition) is 6. The van der Waals surface area contributed by atoms with Gasteiger partial charge >= 0.3 is 0 Å². The van der Waals surface area contributed by atoms with Crippen molar-refractivity contribution in [2.24, 2.45) is 0 Å². The summed E-state index contributed by atoms with van der Waals surface area (Å²) in [6.07, 6.45) is 4.28. The zero-order valence-corrected chi connectivity index (χ0v) is 24.6. The Balaban J connectivity index is 0.000000187. The van der Waals surface area contributed by atoms with Crippen LogP contribution in [0.5, 0.6) is 23.0 Å². The number of ether oxygens (including phenoxy) is 4. The number of likely N-dealkylation sites (N-methyl/N-ethyl adjacent to an activating group) is 2. The molecule has 0 saturated heterocycles. The summed E-state index contributed by atoms with van der Waals surface area (Å²) in [4.78, 5) is 4.84. The molecule has 0 aliphatic carbocycles. The zero-order chi connectivity index (χ0) is 27.9. The van der Waals surface area contributed by atoms with E-state index in [1.807, 2.05) is 0 Å². The van der Waals surface area contributed by atoms with Gasteiger partial charge in [-0.1, -0.05) is 37.3 Å². The predicted molar refractivity (Wildman–Crippen MR) is 158 cm³/mol. The van der Waals surface area contributed by atoms with Gasteiger partial charge in [-0.3, -0.25) is 9.80 Å². The van der Waals surface area contributed by atoms with Crippen LogP contribution in [0.15, 0.2) is 54.6 Å². The Morgan fingerprint density at radius 2 is 1.08 bits per heavy atom. The summed E-state index contributed by atoms with van der Waals surface area (Å²) in [6.45, 7) is 4.41. The lowest BCUT2D eigenvalue weighted by molar-refractivity contribution is 0.223. The minimum Gasteiger partial charge on any atom is -0.493 e. The van der Waals surface area contributed by atoms with Crippen LogP contribution in [-0.2, 0) is 19.3 Å². The Morgan fingerprint density at radius 3 is 1.54 bits per heavy atom. The van der Waals surface area contributed by atoms with Crippen LogP contribution < -0.4 is 18.9 Å². The van der Waals surface area contributed by atoms with E-state index in [2.05, 4.69) is 85.4 Å². The van der Waals surface area contributed by atoms with E-state index in [9.17, 15) is 0 Å². The molecule has 3 aromatic rings. The normalized spacial score (nSPS) is 18.7. The number of hydrogen-bond donors (Lipinski definition) is 0. The summed E-state index contributed by atoms with van der Waals surface area (Å²) >= 11 is 0. The first kappa shape index (κ1) is 28.8. The Labute approximate surface area is 234 Å². The van der Waals surface area contributed by atoms with Gasteiger partial charge < -0.3 is 18.9 Å². The van der Waals surface area contributed by atoms with Crippen LogP contribution in [0.2, 0.25) is 0 Å². The van der Waals surface area contributed by atoms with Crippen LogP contribution in [0, 0.1) is 0 Å². The molecule has 0 fully saturated rings. The van der Waals surface area contributed by atoms with E-state index < -0.39 is 0 Å². The lowest BCUT2D eigenvalue weighted by atomic mass is 9.88. The van der Waals surface area contributed by atoms with Crippen molar-refractivity contribution >= 4 is 0 Å². The first-order valence-electron chi connectivity index (χ1n) is 13.9. The van der Waals surface area contributed by atoms with E-state index in [0.29, 0.717) is 12.1 Å². The lowest BCUT2D eigenvalue weighted by Gasteiger charge is -2.35. The molecule has 0 bridgehead atoms. The largest absolute Gasteiger partial charge is 0.493 e. The van der Waals surface area contributed by atoms with E-state index in [1.54, 1.807) is 28.4 Å². The van der Waals surface area contributed by atoms with Crippen LogP contribution >= 0.6 is 0 Å². The van der Waals surface area contributed by atoms with E-state index in [0.717, 1.165) is 61.8 Å². The average Bonchev–Trinajstić information content (AvgIpc) is 2.98. The van der Waals surface area contributed by atoms with Gasteiger partial charge in [0.15, 0.2) is 23.0 Å². The molecule has 2 heterocycles. The van der Waals surface area contributed by atoms with Crippen molar-refractivity contribution in [2.75, 3.05) is 55.6 Å². The molecule has 39 heavy (non-hydrogen) atoms. The summed E-state index contributed by atoms with van der Waals surface area (Å²) in [7, 11) is 11.2. The van der Waals surface area contributed by atoms with Gasteiger partial charge in [0.2, 0.25) is 0 Å². The smallest absolute Gasteiger partial charge is 0.161 e. The summed E-state index contributed by atoms with van der Waals surface area (Å²) in [5, 5.41) is 0. The second-order valence-corrected chi connectivity index (χ2v) is 10.4. The summed E-state index contributed by atoms with van der Waals surface area (Å²) in [6, 6.07) is 20.1. The van der Waals surface area contributed by atoms with Crippen LogP contribution in [-0.4, -0.2) is 65.4 Å². The van der Waals surface area contributed by atoms with Crippen molar-refractivity contribution < 1.29 is 18.9 Å². The van der Waals surface area contributed by atoms with E-state index in [1.165, 1.54) is 27.8 Å². The topological polar surface area (TPSA) is 43.4 Å². The van der Waals surface area contributed by atoms with E-state index in [4.69, 9.17) is 18.9 Å². The molecule has 0 radical (unpaired) electrons. The number of benzene rings is 3. The molecule has 5 rings (SSSR count). The van der Waals surface area contributed by atoms with Crippen LogP contribution in [0.3, 0.4) is 0 Å². The molecule has 0 amide bonds. The van der Waals surface area contributed by atoms with Crippen LogP contribution in [0.25, 0.3) is 0 Å². The molecule has 0 N–H and O–H groups in total. The molecular weight excluding hydrogens is 488 g/mol. The van der Waals surface area contributed by atoms with Crippen molar-refractivity contribution in [2.45, 2.75) is 44.7 Å². The fraction of sp³-hybridized carbons (Fsp3) is 0.455. The predicted octanol–water partition coefficient (Wildman–Crippen LogP) is 6.12. The van der Waals surface area contributed by atoms with Crippen molar-refractivity contribution in [3.63, 3.8) is 0 Å².